The van der Waals surface area contributed by atoms with Crippen molar-refractivity contribution < 1.29 is 54.9 Å². The summed E-state index contributed by atoms with van der Waals surface area (Å²) in [7, 11) is 0. The molecule has 4 N–H and O–H groups in total. The molecule has 0 saturated carbocycles. The normalized spacial score (nSPS) is 10.4. The third-order valence-corrected chi connectivity index (χ3v) is 3.62. The monoisotopic (exact) mass is 770 g/mol. The summed E-state index contributed by atoms with van der Waals surface area (Å²) in [6.07, 6.45) is 13.8. The molecule has 0 aliphatic heterocycles. The maximum absolute atomic E-state index is 8.25. The van der Waals surface area contributed by atoms with Crippen LogP contribution in [0.3, 0.4) is 0 Å². The summed E-state index contributed by atoms with van der Waals surface area (Å²) >= 11 is 0. The van der Waals surface area contributed by atoms with Gasteiger partial charge in [0.2, 0.25) is 22.8 Å². The van der Waals surface area contributed by atoms with E-state index in [0.717, 1.165) is 0 Å². The minimum absolute atomic E-state index is 0. The molecule has 0 fully saturated rings. The topological polar surface area (TPSA) is 293 Å². The Morgan fingerprint density at radius 1 is 0.595 bits per heavy atom. The summed E-state index contributed by atoms with van der Waals surface area (Å²) in [4.78, 5) is 58.1. The van der Waals surface area contributed by atoms with Crippen LogP contribution in [0.1, 0.15) is 0 Å². The van der Waals surface area contributed by atoms with Gasteiger partial charge in [0, 0.05) is 56.1 Å². The number of rotatable bonds is 7. The van der Waals surface area contributed by atoms with Gasteiger partial charge in [0.15, 0.2) is 0 Å². The molecule has 4 rings (SSSR count). The van der Waals surface area contributed by atoms with Crippen molar-refractivity contribution in [1.82, 2.24) is 39.9 Å². The van der Waals surface area contributed by atoms with Crippen LogP contribution in [-0.4, -0.2) is 76.2 Å². The zero-order valence-corrected chi connectivity index (χ0v) is 24.2. The van der Waals surface area contributed by atoms with Crippen LogP contribution in [-0.2, 0) is 44.8 Å². The standard InChI is InChI=1S/2C10H12N6.2Ag.2NO3/c2*1-3-11-9(12-4-1)15-7-8-16-10-13-5-2-6-14-10;;;2*2-1(3)4/h2*1-6H,7-8H2,(H,11,12,15)(H,13,14,16);;;;/q;;2*+1;2*-1. The third kappa shape index (κ3) is 24.4. The quantitative estimate of drug-likeness (QED) is 0.0790. The number of aromatic nitrogens is 8. The van der Waals surface area contributed by atoms with Gasteiger partial charge < -0.3 is 50.9 Å². The van der Waals surface area contributed by atoms with E-state index >= 15 is 0 Å². The molecule has 232 valence electrons. The number of hydrogen-bond donors (Lipinski definition) is 4. The average Bonchev–Trinajstić information content (AvgIpc) is 2.96. The molecule has 0 atom stereocenters. The number of aromatic amines is 3. The first kappa shape index (κ1) is 39.5. The van der Waals surface area contributed by atoms with Crippen LogP contribution < -0.4 is 22.2 Å². The number of nitrogens with one attached hydrogen (secondary N) is 4. The molecule has 42 heavy (non-hydrogen) atoms. The minimum atomic E-state index is -1.75. The fourth-order valence-corrected chi connectivity index (χ4v) is 2.24. The summed E-state index contributed by atoms with van der Waals surface area (Å²) in [6.45, 7) is 2.45. The van der Waals surface area contributed by atoms with Crippen molar-refractivity contribution in [1.29, 1.82) is 0 Å². The molecule has 0 aliphatic carbocycles. The van der Waals surface area contributed by atoms with E-state index < -0.39 is 10.2 Å². The van der Waals surface area contributed by atoms with Gasteiger partial charge in [0.05, 0.1) is 29.8 Å². The van der Waals surface area contributed by atoms with Crippen LogP contribution in [0.15, 0.2) is 88.8 Å². The Hall–Kier alpha value is -4.60. The van der Waals surface area contributed by atoms with Crippen molar-refractivity contribution in [2.45, 2.75) is 0 Å². The van der Waals surface area contributed by atoms with Crippen molar-refractivity contribution >= 4 is 5.95 Å². The first-order chi connectivity index (χ1) is 19.4. The van der Waals surface area contributed by atoms with Gasteiger partial charge >= 0.3 is 44.8 Å². The molecule has 0 unspecified atom stereocenters. The number of nitrogens with zero attached hydrogens (tertiary/aromatic N) is 10. The Labute approximate surface area is 267 Å². The molecule has 0 aromatic carbocycles. The Morgan fingerprint density at radius 3 is 1.26 bits per heavy atom. The van der Waals surface area contributed by atoms with Gasteiger partial charge in [-0.05, 0) is 24.3 Å². The fraction of sp³-hybridized carbons (Fsp3) is 0.200. The zero-order chi connectivity index (χ0) is 29.3. The van der Waals surface area contributed by atoms with Crippen LogP contribution in [0.5, 0.6) is 0 Å². The molecule has 4 aromatic heterocycles. The van der Waals surface area contributed by atoms with Crippen molar-refractivity contribution in [2.24, 2.45) is 15.0 Å². The third-order valence-electron chi connectivity index (χ3n) is 3.62. The van der Waals surface area contributed by atoms with Gasteiger partial charge in [0.25, 0.3) is 0 Å². The van der Waals surface area contributed by atoms with Gasteiger partial charge in [-0.1, -0.05) is 0 Å². The molecule has 0 radical (unpaired) electrons. The average molecular weight is 772 g/mol. The van der Waals surface area contributed by atoms with Gasteiger partial charge in [-0.2, -0.15) is 0 Å². The molecule has 22 heteroatoms. The molecular weight excluding hydrogens is 748 g/mol. The summed E-state index contributed by atoms with van der Waals surface area (Å²) in [5.74, 6) is 0.614. The van der Waals surface area contributed by atoms with E-state index in [4.69, 9.17) is 30.6 Å². The predicted molar refractivity (Wildman–Crippen MR) is 138 cm³/mol. The van der Waals surface area contributed by atoms with E-state index in [9.17, 15) is 0 Å². The summed E-state index contributed by atoms with van der Waals surface area (Å²) in [6, 6.07) is 7.21. The van der Waals surface area contributed by atoms with Crippen LogP contribution in [0, 0.1) is 30.6 Å². The van der Waals surface area contributed by atoms with Gasteiger partial charge in [0.1, 0.15) is 0 Å². The van der Waals surface area contributed by atoms with Gasteiger partial charge in [-0.15, -0.1) is 0 Å². The van der Waals surface area contributed by atoms with E-state index in [1.165, 1.54) is 0 Å². The Kier molecular flexibility index (Phi) is 25.1. The summed E-state index contributed by atoms with van der Waals surface area (Å²) in [5.41, 5.74) is 1.85. The molecule has 0 saturated heterocycles. The van der Waals surface area contributed by atoms with Gasteiger partial charge in [-0.25, -0.2) is 39.9 Å². The molecule has 0 amide bonds. The van der Waals surface area contributed by atoms with Crippen LogP contribution in [0.4, 0.5) is 5.95 Å². The molecule has 4 aromatic rings. The van der Waals surface area contributed by atoms with E-state index in [1.54, 1.807) is 55.6 Å². The maximum Gasteiger partial charge on any atom is 1.00 e. The Bertz CT molecular complexity index is 1330. The summed E-state index contributed by atoms with van der Waals surface area (Å²) in [5, 5.41) is 32.6. The number of H-pyrrole nitrogens is 3. The minimum Gasteiger partial charge on any atom is -0.356 e. The summed E-state index contributed by atoms with van der Waals surface area (Å²) < 4.78 is 0. The van der Waals surface area contributed by atoms with Crippen LogP contribution in [0.25, 0.3) is 0 Å². The number of hydrogen-bond acceptors (Lipinski definition) is 15. The second-order valence-electron chi connectivity index (χ2n) is 6.41. The maximum atomic E-state index is 8.25. The van der Waals surface area contributed by atoms with E-state index in [0.29, 0.717) is 49.0 Å². The smallest absolute Gasteiger partial charge is 0.356 e. The molecule has 0 aliphatic rings. The first-order valence-electron chi connectivity index (χ1n) is 11.0. The molecule has 4 heterocycles. The molecule has 0 bridgehead atoms. The van der Waals surface area contributed by atoms with E-state index in [1.807, 2.05) is 18.2 Å². The number of anilines is 1. The van der Waals surface area contributed by atoms with Gasteiger partial charge in [-0.3, -0.25) is 0 Å². The van der Waals surface area contributed by atoms with E-state index in [-0.39, 0.29) is 44.8 Å². The first-order valence-corrected chi connectivity index (χ1v) is 11.0. The Balaban J connectivity index is 0. The molecule has 20 nitrogen and oxygen atoms in total. The fourth-order valence-electron chi connectivity index (χ4n) is 2.24. The van der Waals surface area contributed by atoms with Crippen molar-refractivity contribution in [3.05, 3.63) is 121 Å². The second kappa shape index (κ2) is 26.6. The molecule has 0 spiro atoms. The predicted octanol–water partition coefficient (Wildman–Crippen LogP) is -0.636. The van der Waals surface area contributed by atoms with E-state index in [2.05, 4.69) is 60.2 Å². The molecular formula is C20H24Ag2N14O6. The van der Waals surface area contributed by atoms with Crippen molar-refractivity contribution in [2.75, 3.05) is 31.5 Å². The SMILES string of the molecule is O=[N+]([O-])[O-].O=[N+]([O-])[O-].[Ag+].[Ag+].c1cnc(=NCCN=c2nccc[nH]2)[nH]c1.c1cnc(NCCN=c2nccc[nH]2)nc1. The second-order valence-corrected chi connectivity index (χ2v) is 6.41. The van der Waals surface area contributed by atoms with Crippen molar-refractivity contribution in [3.8, 4) is 0 Å². The van der Waals surface area contributed by atoms with Crippen molar-refractivity contribution in [3.63, 3.8) is 0 Å². The zero-order valence-electron chi connectivity index (χ0n) is 21.3. The largest absolute Gasteiger partial charge is 1.00 e. The van der Waals surface area contributed by atoms with Crippen LogP contribution >= 0.6 is 0 Å². The Morgan fingerprint density at radius 2 is 0.929 bits per heavy atom. The van der Waals surface area contributed by atoms with Crippen LogP contribution in [0.2, 0.25) is 0 Å².